The number of sulfonamides is 1. The minimum absolute atomic E-state index is 0.0870. The molecule has 0 saturated carbocycles. The van der Waals surface area contributed by atoms with Crippen LogP contribution in [0.15, 0.2) is 40.6 Å². The van der Waals surface area contributed by atoms with Crippen molar-refractivity contribution in [3.8, 4) is 0 Å². The number of nitrogens with zero attached hydrogens (tertiary/aromatic N) is 2. The Morgan fingerprint density at radius 2 is 1.79 bits per heavy atom. The third kappa shape index (κ3) is 4.54. The van der Waals surface area contributed by atoms with Crippen LogP contribution in [0.5, 0.6) is 0 Å². The largest absolute Gasteiger partial charge is 0.340 e. The van der Waals surface area contributed by atoms with Gasteiger partial charge in [0.1, 0.15) is 10.0 Å². The highest BCUT2D eigenvalue weighted by Gasteiger charge is 2.25. The van der Waals surface area contributed by atoms with Crippen LogP contribution >= 0.6 is 22.9 Å². The number of amides is 1. The molecule has 0 saturated heterocycles. The van der Waals surface area contributed by atoms with E-state index in [2.05, 4.69) is 0 Å². The molecule has 0 bridgehead atoms. The lowest BCUT2D eigenvalue weighted by Gasteiger charge is -2.21. The van der Waals surface area contributed by atoms with Crippen molar-refractivity contribution in [2.75, 3.05) is 20.6 Å². The molecule has 1 aromatic carbocycles. The van der Waals surface area contributed by atoms with Crippen molar-refractivity contribution in [2.45, 2.75) is 10.8 Å². The molecular weight excluding hydrogens is 375 g/mol. The third-order valence-electron chi connectivity index (χ3n) is 3.33. The fourth-order valence-corrected chi connectivity index (χ4v) is 4.75. The van der Waals surface area contributed by atoms with Gasteiger partial charge in [0.25, 0.3) is 10.0 Å². The highest BCUT2D eigenvalue weighted by Crippen LogP contribution is 2.27. The molecule has 5 nitrogen and oxygen atoms in total. The molecule has 1 amide bonds. The summed E-state index contributed by atoms with van der Waals surface area (Å²) < 4.78 is 39.1. The molecule has 0 atom stereocenters. The molecule has 0 aliphatic carbocycles. The van der Waals surface area contributed by atoms with Crippen molar-refractivity contribution in [3.63, 3.8) is 0 Å². The van der Waals surface area contributed by atoms with E-state index in [1.165, 1.54) is 36.2 Å². The highest BCUT2D eigenvalue weighted by molar-refractivity contribution is 7.91. The zero-order valence-electron chi connectivity index (χ0n) is 13.1. The number of likely N-dealkylation sites (N-methyl/N-ethyl adjacent to an activating group) is 2. The predicted octanol–water partition coefficient (Wildman–Crippen LogP) is 2.82. The Morgan fingerprint density at radius 3 is 2.33 bits per heavy atom. The predicted molar refractivity (Wildman–Crippen MR) is 92.0 cm³/mol. The summed E-state index contributed by atoms with van der Waals surface area (Å²) in [5, 5.41) is 0. The molecule has 0 unspecified atom stereocenters. The number of benzene rings is 1. The summed E-state index contributed by atoms with van der Waals surface area (Å²) in [6.07, 6.45) is 0. The number of halogens is 2. The van der Waals surface area contributed by atoms with Crippen molar-refractivity contribution >= 4 is 38.9 Å². The van der Waals surface area contributed by atoms with Crippen LogP contribution in [0.4, 0.5) is 4.39 Å². The van der Waals surface area contributed by atoms with Gasteiger partial charge in [-0.15, -0.1) is 11.3 Å². The van der Waals surface area contributed by atoms with E-state index < -0.39 is 10.0 Å². The SMILES string of the molecule is CN(Cc1ccc(F)cc1)C(=O)CN(C)S(=O)(=O)c1ccc(Cl)s1. The smallest absolute Gasteiger partial charge is 0.252 e. The number of rotatable bonds is 6. The molecule has 1 aromatic heterocycles. The monoisotopic (exact) mass is 390 g/mol. The summed E-state index contributed by atoms with van der Waals surface area (Å²) in [5.74, 6) is -0.721. The van der Waals surface area contributed by atoms with Gasteiger partial charge in [0.05, 0.1) is 10.9 Å². The maximum absolute atomic E-state index is 12.9. The lowest BCUT2D eigenvalue weighted by Crippen LogP contribution is -2.38. The van der Waals surface area contributed by atoms with Gasteiger partial charge in [0.2, 0.25) is 5.91 Å². The number of carbonyl (C=O) groups is 1. The molecule has 130 valence electrons. The molecule has 0 fully saturated rings. The highest BCUT2D eigenvalue weighted by atomic mass is 35.5. The Labute approximate surface area is 149 Å². The van der Waals surface area contributed by atoms with Crippen LogP contribution in [0.1, 0.15) is 5.56 Å². The molecule has 0 spiro atoms. The van der Waals surface area contributed by atoms with Crippen molar-refractivity contribution in [1.82, 2.24) is 9.21 Å². The normalized spacial score (nSPS) is 11.7. The van der Waals surface area contributed by atoms with Gasteiger partial charge in [-0.3, -0.25) is 4.79 Å². The zero-order valence-corrected chi connectivity index (χ0v) is 15.5. The zero-order chi connectivity index (χ0) is 17.9. The molecule has 0 N–H and O–H groups in total. The van der Waals surface area contributed by atoms with Gasteiger partial charge in [-0.2, -0.15) is 4.31 Å². The van der Waals surface area contributed by atoms with E-state index in [1.54, 1.807) is 19.2 Å². The fourth-order valence-electron chi connectivity index (χ4n) is 1.94. The first-order valence-corrected chi connectivity index (χ1v) is 9.53. The van der Waals surface area contributed by atoms with Gasteiger partial charge in [-0.05, 0) is 29.8 Å². The van der Waals surface area contributed by atoms with Gasteiger partial charge in [-0.25, -0.2) is 12.8 Å². The number of hydrogen-bond acceptors (Lipinski definition) is 4. The summed E-state index contributed by atoms with van der Waals surface area (Å²) in [4.78, 5) is 13.6. The Balaban J connectivity index is 2.01. The topological polar surface area (TPSA) is 57.7 Å². The number of hydrogen-bond donors (Lipinski definition) is 0. The van der Waals surface area contributed by atoms with Crippen LogP contribution in [0, 0.1) is 5.82 Å². The minimum Gasteiger partial charge on any atom is -0.340 e. The van der Waals surface area contributed by atoms with E-state index in [1.807, 2.05) is 0 Å². The van der Waals surface area contributed by atoms with Crippen molar-refractivity contribution in [3.05, 3.63) is 52.1 Å². The summed E-state index contributed by atoms with van der Waals surface area (Å²) >= 11 is 6.70. The van der Waals surface area contributed by atoms with Crippen LogP contribution in [0.25, 0.3) is 0 Å². The number of carbonyl (C=O) groups excluding carboxylic acids is 1. The Hall–Kier alpha value is -1.48. The molecule has 0 radical (unpaired) electrons. The quantitative estimate of drug-likeness (QED) is 0.762. The fraction of sp³-hybridized carbons (Fsp3) is 0.267. The van der Waals surface area contributed by atoms with Crippen LogP contribution in [0.3, 0.4) is 0 Å². The minimum atomic E-state index is -3.75. The van der Waals surface area contributed by atoms with E-state index in [9.17, 15) is 17.6 Å². The Kier molecular flexibility index (Phi) is 5.97. The number of thiophene rings is 1. The molecule has 2 aromatic rings. The first kappa shape index (κ1) is 18.9. The van der Waals surface area contributed by atoms with Crippen LogP contribution < -0.4 is 0 Å². The second-order valence-corrected chi connectivity index (χ2v) is 9.18. The molecule has 24 heavy (non-hydrogen) atoms. The molecule has 9 heteroatoms. The Bertz CT molecular complexity index is 821. The van der Waals surface area contributed by atoms with Gasteiger partial charge < -0.3 is 4.90 Å². The second-order valence-electron chi connectivity index (χ2n) is 5.20. The van der Waals surface area contributed by atoms with E-state index >= 15 is 0 Å². The van der Waals surface area contributed by atoms with Gasteiger partial charge >= 0.3 is 0 Å². The van der Waals surface area contributed by atoms with E-state index in [0.29, 0.717) is 4.34 Å². The van der Waals surface area contributed by atoms with Crippen LogP contribution in [-0.4, -0.2) is 44.2 Å². The van der Waals surface area contributed by atoms with Crippen LogP contribution in [0.2, 0.25) is 4.34 Å². The van der Waals surface area contributed by atoms with Gasteiger partial charge in [0, 0.05) is 20.6 Å². The first-order chi connectivity index (χ1) is 11.2. The van der Waals surface area contributed by atoms with E-state index in [4.69, 9.17) is 11.6 Å². The lowest BCUT2D eigenvalue weighted by atomic mass is 10.2. The average Bonchev–Trinajstić information content (AvgIpc) is 2.96. The van der Waals surface area contributed by atoms with Gasteiger partial charge in [-0.1, -0.05) is 23.7 Å². The first-order valence-electron chi connectivity index (χ1n) is 6.90. The molecule has 2 rings (SSSR count). The van der Waals surface area contributed by atoms with E-state index in [-0.39, 0.29) is 29.0 Å². The second kappa shape index (κ2) is 7.60. The molecular formula is C15H16ClFN2O3S2. The summed E-state index contributed by atoms with van der Waals surface area (Å²) in [6, 6.07) is 8.68. The maximum atomic E-state index is 12.9. The maximum Gasteiger partial charge on any atom is 0.252 e. The average molecular weight is 391 g/mol. The summed E-state index contributed by atoms with van der Waals surface area (Å²) in [7, 11) is -0.851. The molecule has 1 heterocycles. The van der Waals surface area contributed by atoms with Crippen molar-refractivity contribution in [1.29, 1.82) is 0 Å². The third-order valence-corrected chi connectivity index (χ3v) is 6.83. The van der Waals surface area contributed by atoms with E-state index in [0.717, 1.165) is 21.2 Å². The molecule has 0 aliphatic rings. The molecule has 0 aliphatic heterocycles. The summed E-state index contributed by atoms with van der Waals surface area (Å²) in [6.45, 7) is -0.0343. The summed E-state index contributed by atoms with van der Waals surface area (Å²) in [5.41, 5.74) is 0.753. The van der Waals surface area contributed by atoms with Crippen LogP contribution in [-0.2, 0) is 21.4 Å². The van der Waals surface area contributed by atoms with Gasteiger partial charge in [0.15, 0.2) is 0 Å². The van der Waals surface area contributed by atoms with Crippen molar-refractivity contribution in [2.24, 2.45) is 0 Å². The standard InChI is InChI=1S/C15H16ClFN2O3S2/c1-18(9-11-3-5-12(17)6-4-11)14(20)10-19(2)24(21,22)15-8-7-13(16)23-15/h3-8H,9-10H2,1-2H3. The van der Waals surface area contributed by atoms with Crippen molar-refractivity contribution < 1.29 is 17.6 Å². The lowest BCUT2D eigenvalue weighted by molar-refractivity contribution is -0.130. The Morgan fingerprint density at radius 1 is 1.17 bits per heavy atom.